The number of aromatic amines is 1. The van der Waals surface area contributed by atoms with E-state index < -0.39 is 0 Å². The first kappa shape index (κ1) is 14.7. The number of rotatable bonds is 3. The molecule has 1 saturated heterocycles. The standard InChI is InChI=1S/C16H19FN4O/c1-2-20-7-9-21(10-8-20)16-18-14(11-15(22)19-16)12-3-5-13(17)6-4-12/h3-6,11H,2,7-10H2,1H3,(H,18,19,22)/p+1. The number of nitrogens with zero attached hydrogens (tertiary/aromatic N) is 2. The lowest BCUT2D eigenvalue weighted by molar-refractivity contribution is -0.898. The number of halogens is 1. The minimum absolute atomic E-state index is 0.186. The lowest BCUT2D eigenvalue weighted by Crippen LogP contribution is -3.14. The van der Waals surface area contributed by atoms with Gasteiger partial charge >= 0.3 is 0 Å². The Hall–Kier alpha value is -2.21. The summed E-state index contributed by atoms with van der Waals surface area (Å²) in [5.74, 6) is 0.300. The normalized spacial score (nSPS) is 16.0. The van der Waals surface area contributed by atoms with Gasteiger partial charge in [0.15, 0.2) is 0 Å². The molecule has 2 heterocycles. The lowest BCUT2D eigenvalue weighted by Gasteiger charge is -2.31. The largest absolute Gasteiger partial charge is 0.332 e. The molecule has 0 unspecified atom stereocenters. The molecule has 0 amide bonds. The monoisotopic (exact) mass is 303 g/mol. The molecule has 1 aromatic carbocycles. The van der Waals surface area contributed by atoms with Crippen LogP contribution in [-0.2, 0) is 0 Å². The van der Waals surface area contributed by atoms with Gasteiger partial charge in [-0.2, -0.15) is 0 Å². The molecule has 0 saturated carbocycles. The molecule has 3 rings (SSSR count). The second kappa shape index (κ2) is 6.27. The Balaban J connectivity index is 1.87. The molecule has 0 aliphatic carbocycles. The molecule has 2 N–H and O–H groups in total. The lowest BCUT2D eigenvalue weighted by atomic mass is 10.1. The summed E-state index contributed by atoms with van der Waals surface area (Å²) in [6, 6.07) is 7.48. The van der Waals surface area contributed by atoms with Crippen LogP contribution in [0.5, 0.6) is 0 Å². The highest BCUT2D eigenvalue weighted by atomic mass is 19.1. The Bertz CT molecular complexity index is 690. The predicted octanol–water partition coefficient (Wildman–Crippen LogP) is 0.301. The number of anilines is 1. The third-order valence-electron chi connectivity index (χ3n) is 4.14. The van der Waals surface area contributed by atoms with Crippen molar-refractivity contribution < 1.29 is 9.29 Å². The summed E-state index contributed by atoms with van der Waals surface area (Å²) in [6.07, 6.45) is 0. The molecule has 5 nitrogen and oxygen atoms in total. The number of nitrogens with one attached hydrogen (secondary N) is 2. The molecule has 116 valence electrons. The van der Waals surface area contributed by atoms with Gasteiger partial charge in [0, 0.05) is 11.6 Å². The van der Waals surface area contributed by atoms with E-state index in [2.05, 4.69) is 21.8 Å². The smallest absolute Gasteiger partial charge is 0.252 e. The van der Waals surface area contributed by atoms with Crippen molar-refractivity contribution in [2.75, 3.05) is 37.6 Å². The summed E-state index contributed by atoms with van der Waals surface area (Å²) in [6.45, 7) is 7.13. The minimum atomic E-state index is -0.299. The van der Waals surface area contributed by atoms with Crippen molar-refractivity contribution in [3.63, 3.8) is 0 Å². The van der Waals surface area contributed by atoms with Crippen LogP contribution in [0.25, 0.3) is 11.3 Å². The van der Waals surface area contributed by atoms with Gasteiger partial charge in [0.25, 0.3) is 5.56 Å². The SMILES string of the molecule is CC[NH+]1CCN(c2nc(-c3ccc(F)cc3)cc(=O)[nH]2)CC1. The van der Waals surface area contributed by atoms with Crippen molar-refractivity contribution in [3.05, 3.63) is 46.5 Å². The maximum absolute atomic E-state index is 13.0. The topological polar surface area (TPSA) is 53.4 Å². The molecule has 2 aromatic rings. The van der Waals surface area contributed by atoms with Crippen LogP contribution in [0.2, 0.25) is 0 Å². The Labute approximate surface area is 128 Å². The van der Waals surface area contributed by atoms with Crippen LogP contribution in [0, 0.1) is 5.82 Å². The van der Waals surface area contributed by atoms with Gasteiger partial charge in [-0.1, -0.05) is 0 Å². The number of hydrogen-bond acceptors (Lipinski definition) is 3. The van der Waals surface area contributed by atoms with Gasteiger partial charge in [-0.25, -0.2) is 9.37 Å². The average molecular weight is 303 g/mol. The zero-order valence-electron chi connectivity index (χ0n) is 12.6. The number of quaternary nitrogens is 1. The predicted molar refractivity (Wildman–Crippen MR) is 83.7 cm³/mol. The first-order chi connectivity index (χ1) is 10.7. The first-order valence-corrected chi connectivity index (χ1v) is 7.61. The van der Waals surface area contributed by atoms with Gasteiger partial charge in [0.05, 0.1) is 38.4 Å². The van der Waals surface area contributed by atoms with Crippen LogP contribution in [0.15, 0.2) is 35.1 Å². The van der Waals surface area contributed by atoms with E-state index in [0.717, 1.165) is 38.3 Å². The maximum atomic E-state index is 13.0. The Morgan fingerprint density at radius 1 is 1.27 bits per heavy atom. The quantitative estimate of drug-likeness (QED) is 0.857. The zero-order chi connectivity index (χ0) is 15.5. The fourth-order valence-electron chi connectivity index (χ4n) is 2.75. The zero-order valence-corrected chi connectivity index (χ0v) is 12.6. The molecule has 1 aromatic heterocycles. The number of piperazine rings is 1. The maximum Gasteiger partial charge on any atom is 0.252 e. The Morgan fingerprint density at radius 3 is 2.59 bits per heavy atom. The van der Waals surface area contributed by atoms with E-state index >= 15 is 0 Å². The van der Waals surface area contributed by atoms with Gasteiger partial charge in [-0.05, 0) is 31.2 Å². The summed E-state index contributed by atoms with van der Waals surface area (Å²) in [5.41, 5.74) is 1.13. The second-order valence-electron chi connectivity index (χ2n) is 5.55. The molecular weight excluding hydrogens is 283 g/mol. The Morgan fingerprint density at radius 2 is 1.95 bits per heavy atom. The Kier molecular flexibility index (Phi) is 4.20. The molecule has 22 heavy (non-hydrogen) atoms. The fraction of sp³-hybridized carbons (Fsp3) is 0.375. The van der Waals surface area contributed by atoms with E-state index in [-0.39, 0.29) is 11.4 Å². The molecule has 0 bridgehead atoms. The summed E-state index contributed by atoms with van der Waals surface area (Å²) >= 11 is 0. The number of aromatic nitrogens is 2. The van der Waals surface area contributed by atoms with E-state index in [1.807, 2.05) is 0 Å². The highest BCUT2D eigenvalue weighted by Gasteiger charge is 2.20. The molecule has 1 aliphatic heterocycles. The molecule has 0 atom stereocenters. The first-order valence-electron chi connectivity index (χ1n) is 7.61. The van der Waals surface area contributed by atoms with E-state index in [4.69, 9.17) is 0 Å². The molecular formula is C16H20FN4O+. The minimum Gasteiger partial charge on any atom is -0.332 e. The van der Waals surface area contributed by atoms with E-state index in [0.29, 0.717) is 11.6 Å². The van der Waals surface area contributed by atoms with Crippen molar-refractivity contribution >= 4 is 5.95 Å². The summed E-state index contributed by atoms with van der Waals surface area (Å²) in [7, 11) is 0. The van der Waals surface area contributed by atoms with Crippen molar-refractivity contribution in [3.8, 4) is 11.3 Å². The highest BCUT2D eigenvalue weighted by Crippen LogP contribution is 2.18. The van der Waals surface area contributed by atoms with Crippen LogP contribution in [0.4, 0.5) is 10.3 Å². The van der Waals surface area contributed by atoms with Crippen LogP contribution < -0.4 is 15.4 Å². The van der Waals surface area contributed by atoms with Gasteiger partial charge in [-0.15, -0.1) is 0 Å². The molecule has 1 aliphatic rings. The van der Waals surface area contributed by atoms with Gasteiger partial charge in [0.2, 0.25) is 5.95 Å². The van der Waals surface area contributed by atoms with Crippen molar-refractivity contribution in [1.29, 1.82) is 0 Å². The average Bonchev–Trinajstić information content (AvgIpc) is 2.55. The third kappa shape index (κ3) is 3.17. The van der Waals surface area contributed by atoms with Crippen molar-refractivity contribution in [1.82, 2.24) is 9.97 Å². The number of benzene rings is 1. The van der Waals surface area contributed by atoms with Crippen LogP contribution in [0.1, 0.15) is 6.92 Å². The third-order valence-corrected chi connectivity index (χ3v) is 4.14. The number of H-pyrrole nitrogens is 1. The fourth-order valence-corrected chi connectivity index (χ4v) is 2.75. The molecule has 0 radical (unpaired) electrons. The number of hydrogen-bond donors (Lipinski definition) is 2. The summed E-state index contributed by atoms with van der Waals surface area (Å²) < 4.78 is 13.0. The van der Waals surface area contributed by atoms with Crippen molar-refractivity contribution in [2.24, 2.45) is 0 Å². The molecule has 6 heteroatoms. The van der Waals surface area contributed by atoms with Gasteiger partial charge in [0.1, 0.15) is 5.82 Å². The van der Waals surface area contributed by atoms with E-state index in [1.165, 1.54) is 18.2 Å². The van der Waals surface area contributed by atoms with Gasteiger partial charge < -0.3 is 9.80 Å². The molecule has 1 fully saturated rings. The van der Waals surface area contributed by atoms with Crippen LogP contribution >= 0.6 is 0 Å². The van der Waals surface area contributed by atoms with E-state index in [9.17, 15) is 9.18 Å². The highest BCUT2D eigenvalue weighted by molar-refractivity contribution is 5.60. The molecule has 0 spiro atoms. The summed E-state index contributed by atoms with van der Waals surface area (Å²) in [4.78, 5) is 22.9. The van der Waals surface area contributed by atoms with E-state index in [1.54, 1.807) is 17.0 Å². The summed E-state index contributed by atoms with van der Waals surface area (Å²) in [5, 5.41) is 0. The number of likely N-dealkylation sites (N-methyl/N-ethyl adjacent to an activating group) is 1. The van der Waals surface area contributed by atoms with Gasteiger partial charge in [-0.3, -0.25) is 9.78 Å². The van der Waals surface area contributed by atoms with Crippen LogP contribution in [0.3, 0.4) is 0 Å². The van der Waals surface area contributed by atoms with Crippen molar-refractivity contribution in [2.45, 2.75) is 6.92 Å². The second-order valence-corrected chi connectivity index (χ2v) is 5.55. The van der Waals surface area contributed by atoms with Crippen LogP contribution in [-0.4, -0.2) is 42.7 Å².